The van der Waals surface area contributed by atoms with Gasteiger partial charge in [-0.2, -0.15) is 0 Å². The lowest BCUT2D eigenvalue weighted by Crippen LogP contribution is -1.94. The molecule has 0 saturated carbocycles. The molecule has 14 heavy (non-hydrogen) atoms. The highest BCUT2D eigenvalue weighted by Gasteiger charge is 1.96. The molecule has 0 spiro atoms. The standard InChI is InChI=1S/C11H20O3/c12-10-8-6-4-2-1-3-5-7-9-11(13)14/h9-10,12H,1-8H2,(H,13,14). The monoisotopic (exact) mass is 200 g/mol. The zero-order valence-corrected chi connectivity index (χ0v) is 8.61. The second-order valence-corrected chi connectivity index (χ2v) is 3.42. The molecule has 0 heterocycles. The number of carboxylic acids is 1. The van der Waals surface area contributed by atoms with E-state index in [0.29, 0.717) is 6.42 Å². The van der Waals surface area contributed by atoms with Crippen molar-refractivity contribution in [1.29, 1.82) is 0 Å². The molecule has 0 aromatic carbocycles. The molecular formula is C11H20O3. The first-order chi connectivity index (χ1) is 6.77. The minimum atomic E-state index is -0.816. The molecule has 2 radical (unpaired) electrons. The lowest BCUT2D eigenvalue weighted by Gasteiger charge is -1.99. The zero-order valence-electron chi connectivity index (χ0n) is 8.61. The summed E-state index contributed by atoms with van der Waals surface area (Å²) >= 11 is 0. The largest absolute Gasteiger partial charge is 0.481 e. The molecule has 0 atom stereocenters. The molecule has 0 bridgehead atoms. The molecule has 0 rings (SSSR count). The molecule has 0 fully saturated rings. The summed E-state index contributed by atoms with van der Waals surface area (Å²) in [6, 6.07) is 0. The van der Waals surface area contributed by atoms with Crippen molar-refractivity contribution in [1.82, 2.24) is 0 Å². The van der Waals surface area contributed by atoms with Crippen LogP contribution < -0.4 is 0 Å². The van der Waals surface area contributed by atoms with E-state index in [9.17, 15) is 4.79 Å². The molecule has 0 unspecified atom stereocenters. The number of hydrogen-bond acceptors (Lipinski definition) is 2. The fraction of sp³-hybridized carbons (Fsp3) is 0.727. The number of carbonyl (C=O) groups is 1. The molecule has 3 heteroatoms. The Hall–Kier alpha value is -0.570. The third kappa shape index (κ3) is 11.4. The van der Waals surface area contributed by atoms with Crippen LogP contribution in [0.3, 0.4) is 0 Å². The maximum Gasteiger partial charge on any atom is 0.307 e. The molecule has 0 aromatic heterocycles. The van der Waals surface area contributed by atoms with Gasteiger partial charge in [-0.25, -0.2) is 0 Å². The van der Waals surface area contributed by atoms with E-state index >= 15 is 0 Å². The Morgan fingerprint density at radius 1 is 0.929 bits per heavy atom. The van der Waals surface area contributed by atoms with E-state index in [4.69, 9.17) is 10.2 Å². The van der Waals surface area contributed by atoms with Crippen molar-refractivity contribution < 1.29 is 15.0 Å². The topological polar surface area (TPSA) is 57.5 Å². The van der Waals surface area contributed by atoms with Crippen molar-refractivity contribution in [2.75, 3.05) is 0 Å². The zero-order chi connectivity index (χ0) is 10.6. The summed E-state index contributed by atoms with van der Waals surface area (Å²) < 4.78 is 0. The number of unbranched alkanes of at least 4 members (excludes halogenated alkanes) is 7. The van der Waals surface area contributed by atoms with Crippen molar-refractivity contribution in [3.8, 4) is 0 Å². The number of carboxylic acid groups (broad SMARTS) is 1. The van der Waals surface area contributed by atoms with Crippen LogP contribution in [0.1, 0.15) is 51.4 Å². The maximum atomic E-state index is 10.1. The summed E-state index contributed by atoms with van der Waals surface area (Å²) in [6.07, 6.45) is 9.41. The molecule has 0 aromatic rings. The van der Waals surface area contributed by atoms with Gasteiger partial charge in [0, 0.05) is 0 Å². The maximum absolute atomic E-state index is 10.1. The fourth-order valence-corrected chi connectivity index (χ4v) is 1.31. The molecule has 0 aliphatic carbocycles. The molecule has 2 N–H and O–H groups in total. The van der Waals surface area contributed by atoms with Gasteiger partial charge in [0.15, 0.2) is 0 Å². The summed E-state index contributed by atoms with van der Waals surface area (Å²) in [5.41, 5.74) is 0. The number of aliphatic carboxylic acids is 1. The third-order valence-corrected chi connectivity index (χ3v) is 2.11. The van der Waals surface area contributed by atoms with Gasteiger partial charge in [-0.05, 0) is 12.8 Å². The number of rotatable bonds is 10. The van der Waals surface area contributed by atoms with Crippen LogP contribution in [0.2, 0.25) is 0 Å². The molecule has 3 nitrogen and oxygen atoms in total. The van der Waals surface area contributed by atoms with Crippen molar-refractivity contribution in [2.24, 2.45) is 0 Å². The van der Waals surface area contributed by atoms with Gasteiger partial charge in [-0.3, -0.25) is 4.79 Å². The highest BCUT2D eigenvalue weighted by atomic mass is 16.4. The summed E-state index contributed by atoms with van der Waals surface area (Å²) in [5, 5.41) is 16.7. The Morgan fingerprint density at radius 2 is 1.43 bits per heavy atom. The van der Waals surface area contributed by atoms with Gasteiger partial charge in [0.05, 0.1) is 13.0 Å². The van der Waals surface area contributed by atoms with Crippen LogP contribution in [0, 0.1) is 13.0 Å². The molecular weight excluding hydrogens is 180 g/mol. The first kappa shape index (κ1) is 13.4. The van der Waals surface area contributed by atoms with Crippen molar-refractivity contribution >= 4 is 5.97 Å². The summed E-state index contributed by atoms with van der Waals surface area (Å²) in [6.45, 7) is 1.21. The van der Waals surface area contributed by atoms with E-state index in [-0.39, 0.29) is 0 Å². The first-order valence-corrected chi connectivity index (χ1v) is 5.29. The predicted molar refractivity (Wildman–Crippen MR) is 55.1 cm³/mol. The van der Waals surface area contributed by atoms with Gasteiger partial charge in [0.1, 0.15) is 0 Å². The number of aliphatic hydroxyl groups is 1. The lowest BCUT2D eigenvalue weighted by molar-refractivity contribution is -0.133. The van der Waals surface area contributed by atoms with Crippen LogP contribution in [0.4, 0.5) is 0 Å². The van der Waals surface area contributed by atoms with E-state index in [1.807, 2.05) is 0 Å². The molecule has 0 aliphatic rings. The first-order valence-electron chi connectivity index (χ1n) is 5.29. The van der Waals surface area contributed by atoms with Crippen molar-refractivity contribution in [3.63, 3.8) is 0 Å². The highest BCUT2D eigenvalue weighted by molar-refractivity contribution is 5.76. The van der Waals surface area contributed by atoms with E-state index in [1.165, 1.54) is 25.9 Å². The Kier molecular flexibility index (Phi) is 10.1. The van der Waals surface area contributed by atoms with E-state index in [2.05, 4.69) is 0 Å². The lowest BCUT2D eigenvalue weighted by atomic mass is 10.1. The Labute approximate surface area is 86.1 Å². The quantitative estimate of drug-likeness (QED) is 0.533. The molecule has 0 amide bonds. The smallest absolute Gasteiger partial charge is 0.307 e. The molecule has 0 saturated heterocycles. The van der Waals surface area contributed by atoms with Crippen molar-refractivity contribution in [3.05, 3.63) is 13.0 Å². The summed E-state index contributed by atoms with van der Waals surface area (Å²) in [4.78, 5) is 10.1. The molecule has 0 aliphatic heterocycles. The number of aliphatic hydroxyl groups excluding tert-OH is 1. The second-order valence-electron chi connectivity index (χ2n) is 3.42. The van der Waals surface area contributed by atoms with Crippen LogP contribution in [0.5, 0.6) is 0 Å². The van der Waals surface area contributed by atoms with E-state index < -0.39 is 5.97 Å². The van der Waals surface area contributed by atoms with Gasteiger partial charge >= 0.3 is 5.97 Å². The average molecular weight is 200 g/mol. The van der Waals surface area contributed by atoms with E-state index in [0.717, 1.165) is 32.1 Å². The van der Waals surface area contributed by atoms with Gasteiger partial charge in [-0.1, -0.05) is 38.5 Å². The van der Waals surface area contributed by atoms with Gasteiger partial charge < -0.3 is 10.2 Å². The van der Waals surface area contributed by atoms with Crippen LogP contribution in [-0.4, -0.2) is 16.2 Å². The van der Waals surface area contributed by atoms with E-state index in [1.54, 1.807) is 0 Å². The Balaban J connectivity index is 2.88. The second kappa shape index (κ2) is 10.5. The average Bonchev–Trinajstić information content (AvgIpc) is 2.15. The minimum absolute atomic E-state index is 0.680. The summed E-state index contributed by atoms with van der Waals surface area (Å²) in [7, 11) is 0. The normalized spacial score (nSPS) is 10.4. The SMILES string of the molecule is O=C(O)[CH]CCCCCCCC[CH]O. The van der Waals surface area contributed by atoms with Crippen LogP contribution >= 0.6 is 0 Å². The van der Waals surface area contributed by atoms with Gasteiger partial charge in [0.2, 0.25) is 0 Å². The highest BCUT2D eigenvalue weighted by Crippen LogP contribution is 2.09. The van der Waals surface area contributed by atoms with Gasteiger partial charge in [0.25, 0.3) is 0 Å². The number of hydrogen-bond donors (Lipinski definition) is 2. The minimum Gasteiger partial charge on any atom is -0.481 e. The predicted octanol–water partition coefficient (Wildman–Crippen LogP) is 2.93. The molecule has 82 valence electrons. The fourth-order valence-electron chi connectivity index (χ4n) is 1.31. The third-order valence-electron chi connectivity index (χ3n) is 2.11. The van der Waals surface area contributed by atoms with Crippen LogP contribution in [0.25, 0.3) is 0 Å². The Morgan fingerprint density at radius 3 is 1.93 bits per heavy atom. The van der Waals surface area contributed by atoms with Crippen LogP contribution in [-0.2, 0) is 4.79 Å². The van der Waals surface area contributed by atoms with Gasteiger partial charge in [-0.15, -0.1) is 0 Å². The summed E-state index contributed by atoms with van der Waals surface area (Å²) in [5.74, 6) is -0.816. The van der Waals surface area contributed by atoms with Crippen molar-refractivity contribution in [2.45, 2.75) is 51.4 Å². The Bertz CT molecular complexity index is 134. The van der Waals surface area contributed by atoms with Crippen LogP contribution in [0.15, 0.2) is 0 Å².